The molecule has 2 heteroatoms. The van der Waals surface area contributed by atoms with E-state index in [1.165, 1.54) is 17.8 Å². The topological polar surface area (TPSA) is 19.0 Å². The first-order chi connectivity index (χ1) is 5.38. The smallest absolute Gasteiger partial charge is 0.0614 e. The number of nitrogens with one attached hydrogen (secondary N) is 1. The molecule has 58 valence electrons. The summed E-state index contributed by atoms with van der Waals surface area (Å²) in [5, 5.41) is 0. The lowest BCUT2D eigenvalue weighted by Gasteiger charge is -2.14. The van der Waals surface area contributed by atoms with Gasteiger partial charge in [-0.05, 0) is 18.6 Å². The van der Waals surface area contributed by atoms with Gasteiger partial charge in [0.2, 0.25) is 0 Å². The Kier molecular flexibility index (Phi) is 1.46. The lowest BCUT2D eigenvalue weighted by Crippen LogP contribution is -2.11. The Bertz CT molecular complexity index is 259. The fourth-order valence-corrected chi connectivity index (χ4v) is 1.48. The number of rotatable bonds is 1. The fourth-order valence-electron chi connectivity index (χ4n) is 1.48. The number of hydrogen-bond acceptors (Lipinski definition) is 1. The summed E-state index contributed by atoms with van der Waals surface area (Å²) in [4.78, 5) is 5.47. The summed E-state index contributed by atoms with van der Waals surface area (Å²) in [5.41, 5.74) is 2.56. The number of hydrogen-bond donors (Lipinski definition) is 1. The lowest BCUT2D eigenvalue weighted by molar-refractivity contribution is 0.516. The van der Waals surface area contributed by atoms with E-state index in [2.05, 4.69) is 29.1 Å². The van der Waals surface area contributed by atoms with E-state index < -0.39 is 0 Å². The Morgan fingerprint density at radius 3 is 3.00 bits per heavy atom. The van der Waals surface area contributed by atoms with E-state index in [0.29, 0.717) is 0 Å². The minimum atomic E-state index is 1.15. The van der Waals surface area contributed by atoms with Crippen molar-refractivity contribution >= 4 is 5.70 Å². The van der Waals surface area contributed by atoms with E-state index in [1.807, 2.05) is 12.3 Å². The molecule has 1 aliphatic heterocycles. The molecular formula is C9H12N2. The minimum absolute atomic E-state index is 1.15. The van der Waals surface area contributed by atoms with E-state index in [9.17, 15) is 0 Å². The van der Waals surface area contributed by atoms with Gasteiger partial charge in [-0.15, -0.1) is 0 Å². The summed E-state index contributed by atoms with van der Waals surface area (Å²) >= 11 is 0. The van der Waals surface area contributed by atoms with Crippen LogP contribution in [0.3, 0.4) is 0 Å². The lowest BCUT2D eigenvalue weighted by atomic mass is 10.3. The van der Waals surface area contributed by atoms with Crippen molar-refractivity contribution in [3.8, 4) is 0 Å². The van der Waals surface area contributed by atoms with Gasteiger partial charge in [0.25, 0.3) is 0 Å². The van der Waals surface area contributed by atoms with E-state index in [4.69, 9.17) is 0 Å². The number of aromatic nitrogens is 1. The molecule has 0 aliphatic carbocycles. The Hall–Kier alpha value is -1.18. The Labute approximate surface area is 66.5 Å². The van der Waals surface area contributed by atoms with Crippen molar-refractivity contribution < 1.29 is 0 Å². The van der Waals surface area contributed by atoms with Crippen LogP contribution in [0.5, 0.6) is 0 Å². The zero-order valence-electron chi connectivity index (χ0n) is 6.67. The number of aromatic amines is 1. The van der Waals surface area contributed by atoms with Crippen LogP contribution in [-0.4, -0.2) is 23.5 Å². The van der Waals surface area contributed by atoms with Gasteiger partial charge in [0.05, 0.1) is 11.4 Å². The second-order valence-electron chi connectivity index (χ2n) is 2.88. The molecule has 0 radical (unpaired) electrons. The third-order valence-electron chi connectivity index (χ3n) is 2.09. The molecule has 2 heterocycles. The predicted molar refractivity (Wildman–Crippen MR) is 46.0 cm³/mol. The molecule has 0 spiro atoms. The van der Waals surface area contributed by atoms with Gasteiger partial charge in [-0.1, -0.05) is 6.08 Å². The predicted octanol–water partition coefficient (Wildman–Crippen LogP) is 1.69. The second-order valence-corrected chi connectivity index (χ2v) is 2.88. The highest BCUT2D eigenvalue weighted by Crippen LogP contribution is 2.21. The molecule has 1 N–H and O–H groups in total. The summed E-state index contributed by atoms with van der Waals surface area (Å²) in [6.07, 6.45) is 5.40. The first-order valence-electron chi connectivity index (χ1n) is 3.93. The van der Waals surface area contributed by atoms with Crippen molar-refractivity contribution in [3.63, 3.8) is 0 Å². The van der Waals surface area contributed by atoms with Gasteiger partial charge in [-0.25, -0.2) is 0 Å². The second kappa shape index (κ2) is 2.46. The molecule has 1 aliphatic rings. The highest BCUT2D eigenvalue weighted by Gasteiger charge is 2.11. The monoisotopic (exact) mass is 148 g/mol. The Balaban J connectivity index is 2.30. The zero-order chi connectivity index (χ0) is 7.68. The average molecular weight is 148 g/mol. The van der Waals surface area contributed by atoms with Gasteiger partial charge in [0.15, 0.2) is 0 Å². The van der Waals surface area contributed by atoms with Crippen LogP contribution >= 0.6 is 0 Å². The average Bonchev–Trinajstić information content (AvgIpc) is 2.55. The van der Waals surface area contributed by atoms with E-state index in [-0.39, 0.29) is 0 Å². The van der Waals surface area contributed by atoms with Gasteiger partial charge in [0, 0.05) is 19.8 Å². The molecule has 1 aromatic rings. The number of nitrogens with zero attached hydrogens (tertiary/aromatic N) is 1. The molecule has 0 bridgehead atoms. The van der Waals surface area contributed by atoms with Gasteiger partial charge >= 0.3 is 0 Å². The zero-order valence-corrected chi connectivity index (χ0v) is 6.67. The third kappa shape index (κ3) is 1.04. The van der Waals surface area contributed by atoms with E-state index >= 15 is 0 Å². The van der Waals surface area contributed by atoms with Crippen molar-refractivity contribution in [2.45, 2.75) is 6.42 Å². The fraction of sp³-hybridized carbons (Fsp3) is 0.333. The summed E-state index contributed by atoms with van der Waals surface area (Å²) in [7, 11) is 2.12. The first-order valence-corrected chi connectivity index (χ1v) is 3.93. The molecule has 1 aromatic heterocycles. The van der Waals surface area contributed by atoms with Crippen LogP contribution < -0.4 is 0 Å². The third-order valence-corrected chi connectivity index (χ3v) is 2.09. The SMILES string of the molecule is CN1CCC=C1c1ccc[nH]1. The Morgan fingerprint density at radius 1 is 1.55 bits per heavy atom. The van der Waals surface area contributed by atoms with Crippen molar-refractivity contribution in [2.24, 2.45) is 0 Å². The van der Waals surface area contributed by atoms with Crippen LogP contribution in [0.2, 0.25) is 0 Å². The first kappa shape index (κ1) is 6.53. The van der Waals surface area contributed by atoms with E-state index in [1.54, 1.807) is 0 Å². The summed E-state index contributed by atoms with van der Waals surface area (Å²) in [6, 6.07) is 4.13. The quantitative estimate of drug-likeness (QED) is 0.642. The highest BCUT2D eigenvalue weighted by atomic mass is 15.1. The molecule has 11 heavy (non-hydrogen) atoms. The Morgan fingerprint density at radius 2 is 2.45 bits per heavy atom. The van der Waals surface area contributed by atoms with Gasteiger partial charge < -0.3 is 9.88 Å². The largest absolute Gasteiger partial charge is 0.373 e. The van der Waals surface area contributed by atoms with Gasteiger partial charge in [-0.3, -0.25) is 0 Å². The summed E-state index contributed by atoms with van der Waals surface area (Å²) < 4.78 is 0. The molecule has 0 amide bonds. The van der Waals surface area contributed by atoms with Crippen LogP contribution in [0.1, 0.15) is 12.1 Å². The molecule has 2 rings (SSSR count). The molecule has 0 aromatic carbocycles. The van der Waals surface area contributed by atoms with Crippen LogP contribution in [0.15, 0.2) is 24.4 Å². The minimum Gasteiger partial charge on any atom is -0.373 e. The summed E-state index contributed by atoms with van der Waals surface area (Å²) in [5.74, 6) is 0. The maximum Gasteiger partial charge on any atom is 0.0614 e. The van der Waals surface area contributed by atoms with Crippen LogP contribution in [0, 0.1) is 0 Å². The molecule has 0 saturated carbocycles. The standard InChI is InChI=1S/C9H12N2/c1-11-7-3-5-9(11)8-4-2-6-10-8/h2,4-6,10H,3,7H2,1H3. The van der Waals surface area contributed by atoms with Gasteiger partial charge in [0.1, 0.15) is 0 Å². The summed E-state index contributed by atoms with van der Waals surface area (Å²) in [6.45, 7) is 1.15. The van der Waals surface area contributed by atoms with Crippen LogP contribution in [0.4, 0.5) is 0 Å². The maximum atomic E-state index is 3.20. The molecule has 0 atom stereocenters. The van der Waals surface area contributed by atoms with Crippen molar-refractivity contribution in [1.29, 1.82) is 0 Å². The normalized spacial score (nSPS) is 17.2. The molecule has 2 nitrogen and oxygen atoms in total. The number of H-pyrrole nitrogens is 1. The van der Waals surface area contributed by atoms with Crippen molar-refractivity contribution in [2.75, 3.05) is 13.6 Å². The molecular weight excluding hydrogens is 136 g/mol. The molecule has 0 saturated heterocycles. The highest BCUT2D eigenvalue weighted by molar-refractivity contribution is 5.62. The molecule has 0 unspecified atom stereocenters. The van der Waals surface area contributed by atoms with E-state index in [0.717, 1.165) is 6.54 Å². The van der Waals surface area contributed by atoms with Crippen molar-refractivity contribution in [1.82, 2.24) is 9.88 Å². The van der Waals surface area contributed by atoms with Crippen LogP contribution in [0.25, 0.3) is 5.70 Å². The molecule has 0 fully saturated rings. The van der Waals surface area contributed by atoms with Crippen molar-refractivity contribution in [3.05, 3.63) is 30.1 Å². The van der Waals surface area contributed by atoms with Crippen LogP contribution in [-0.2, 0) is 0 Å². The van der Waals surface area contributed by atoms with Gasteiger partial charge in [-0.2, -0.15) is 0 Å². The maximum absolute atomic E-state index is 3.20.